The van der Waals surface area contributed by atoms with E-state index in [2.05, 4.69) is 24.1 Å². The Labute approximate surface area is 140 Å². The van der Waals surface area contributed by atoms with E-state index in [9.17, 15) is 0 Å². The second-order valence-corrected chi connectivity index (χ2v) is 6.50. The Morgan fingerprint density at radius 2 is 1.95 bits per heavy atom. The molecule has 1 N–H and O–H groups in total. The number of halogens is 1. The van der Waals surface area contributed by atoms with Gasteiger partial charge in [-0.25, -0.2) is 0 Å². The molecule has 2 rings (SSSR count). The van der Waals surface area contributed by atoms with E-state index >= 15 is 0 Å². The molecule has 1 aromatic rings. The quantitative estimate of drug-likeness (QED) is 0.776. The highest BCUT2D eigenvalue weighted by atomic mass is 35.5. The summed E-state index contributed by atoms with van der Waals surface area (Å²) in [7, 11) is 0. The number of ether oxygens (including phenoxy) is 1. The third-order valence-corrected chi connectivity index (χ3v) is 4.83. The Hall–Kier alpha value is -0.770. The Bertz CT molecular complexity index is 484. The van der Waals surface area contributed by atoms with Gasteiger partial charge in [0.05, 0.1) is 6.61 Å². The Kier molecular flexibility index (Phi) is 7.00. The van der Waals surface area contributed by atoms with Crippen molar-refractivity contribution >= 4 is 11.6 Å². The molecule has 22 heavy (non-hydrogen) atoms. The zero-order valence-corrected chi connectivity index (χ0v) is 14.9. The van der Waals surface area contributed by atoms with Crippen molar-refractivity contribution in [1.29, 1.82) is 0 Å². The standard InChI is InChI=1S/C18H29ClN2O/c1-4-22-18-14(2)13-17(19)15(3)16(18)7-5-6-10-21-11-8-20-9-12-21/h13,20H,4-12H2,1-3H3. The van der Waals surface area contributed by atoms with Crippen molar-refractivity contribution in [3.05, 3.63) is 27.8 Å². The van der Waals surface area contributed by atoms with Crippen molar-refractivity contribution in [2.75, 3.05) is 39.3 Å². The minimum absolute atomic E-state index is 0.704. The second-order valence-electron chi connectivity index (χ2n) is 6.09. The summed E-state index contributed by atoms with van der Waals surface area (Å²) in [6.45, 7) is 12.7. The van der Waals surface area contributed by atoms with Crippen LogP contribution in [0, 0.1) is 13.8 Å². The summed E-state index contributed by atoms with van der Waals surface area (Å²) < 4.78 is 5.87. The predicted octanol–water partition coefficient (Wildman–Crippen LogP) is 3.58. The summed E-state index contributed by atoms with van der Waals surface area (Å²) >= 11 is 6.36. The average molecular weight is 325 g/mol. The molecule has 1 aliphatic rings. The van der Waals surface area contributed by atoms with Gasteiger partial charge >= 0.3 is 0 Å². The number of rotatable bonds is 7. The Balaban J connectivity index is 1.93. The first kappa shape index (κ1) is 17.6. The van der Waals surface area contributed by atoms with E-state index in [4.69, 9.17) is 16.3 Å². The van der Waals surface area contributed by atoms with Gasteiger partial charge in [0.2, 0.25) is 0 Å². The number of nitrogens with zero attached hydrogens (tertiary/aromatic N) is 1. The lowest BCUT2D eigenvalue weighted by Crippen LogP contribution is -2.43. The molecular weight excluding hydrogens is 296 g/mol. The van der Waals surface area contributed by atoms with Crippen molar-refractivity contribution in [3.8, 4) is 5.75 Å². The fraction of sp³-hybridized carbons (Fsp3) is 0.667. The molecule has 0 aliphatic carbocycles. The van der Waals surface area contributed by atoms with Crippen LogP contribution in [-0.4, -0.2) is 44.2 Å². The van der Waals surface area contributed by atoms with Gasteiger partial charge in [-0.3, -0.25) is 0 Å². The van der Waals surface area contributed by atoms with Crippen LogP contribution in [-0.2, 0) is 6.42 Å². The maximum Gasteiger partial charge on any atom is 0.125 e. The van der Waals surface area contributed by atoms with Crippen LogP contribution < -0.4 is 10.1 Å². The SMILES string of the molecule is CCOc1c(C)cc(Cl)c(C)c1CCCCN1CCNCC1. The number of aryl methyl sites for hydroxylation is 1. The molecule has 0 saturated carbocycles. The first-order chi connectivity index (χ1) is 10.6. The molecule has 0 spiro atoms. The highest BCUT2D eigenvalue weighted by molar-refractivity contribution is 6.31. The van der Waals surface area contributed by atoms with Gasteiger partial charge in [-0.05, 0) is 69.3 Å². The lowest BCUT2D eigenvalue weighted by Gasteiger charge is -2.27. The summed E-state index contributed by atoms with van der Waals surface area (Å²) in [4.78, 5) is 2.55. The third-order valence-electron chi connectivity index (χ3n) is 4.44. The lowest BCUT2D eigenvalue weighted by molar-refractivity contribution is 0.236. The monoisotopic (exact) mass is 324 g/mol. The smallest absolute Gasteiger partial charge is 0.125 e. The number of unbranched alkanes of at least 4 members (excludes halogenated alkanes) is 1. The first-order valence-corrected chi connectivity index (χ1v) is 8.85. The molecule has 3 nitrogen and oxygen atoms in total. The van der Waals surface area contributed by atoms with Crippen molar-refractivity contribution in [3.63, 3.8) is 0 Å². The van der Waals surface area contributed by atoms with E-state index < -0.39 is 0 Å². The molecule has 0 bridgehead atoms. The molecule has 0 amide bonds. The van der Waals surface area contributed by atoms with Crippen LogP contribution in [0.25, 0.3) is 0 Å². The first-order valence-electron chi connectivity index (χ1n) is 8.48. The molecule has 0 aromatic heterocycles. The number of benzene rings is 1. The molecule has 1 fully saturated rings. The van der Waals surface area contributed by atoms with E-state index in [1.165, 1.54) is 43.6 Å². The topological polar surface area (TPSA) is 24.5 Å². The predicted molar refractivity (Wildman–Crippen MR) is 94.3 cm³/mol. The second kappa shape index (κ2) is 8.76. The zero-order chi connectivity index (χ0) is 15.9. The van der Waals surface area contributed by atoms with Crippen LogP contribution in [0.4, 0.5) is 0 Å². The fourth-order valence-corrected chi connectivity index (χ4v) is 3.41. The van der Waals surface area contributed by atoms with Crippen molar-refractivity contribution < 1.29 is 4.74 Å². The summed E-state index contributed by atoms with van der Waals surface area (Å²) in [5.41, 5.74) is 3.62. The molecule has 1 aliphatic heterocycles. The van der Waals surface area contributed by atoms with Gasteiger partial charge in [-0.1, -0.05) is 11.6 Å². The van der Waals surface area contributed by atoms with Crippen LogP contribution in [0.5, 0.6) is 5.75 Å². The third kappa shape index (κ3) is 4.61. The highest BCUT2D eigenvalue weighted by Gasteiger charge is 2.14. The van der Waals surface area contributed by atoms with E-state index in [0.29, 0.717) is 6.61 Å². The maximum absolute atomic E-state index is 6.36. The molecular formula is C18H29ClN2O. The fourth-order valence-electron chi connectivity index (χ4n) is 3.13. The largest absolute Gasteiger partial charge is 0.493 e. The van der Waals surface area contributed by atoms with Gasteiger partial charge in [-0.2, -0.15) is 0 Å². The van der Waals surface area contributed by atoms with Crippen LogP contribution >= 0.6 is 11.6 Å². The molecule has 1 heterocycles. The number of nitrogens with one attached hydrogen (secondary N) is 1. The molecule has 124 valence electrons. The molecule has 1 saturated heterocycles. The van der Waals surface area contributed by atoms with Gasteiger partial charge in [0.25, 0.3) is 0 Å². The molecule has 0 unspecified atom stereocenters. The van der Waals surface area contributed by atoms with E-state index in [1.54, 1.807) is 0 Å². The number of hydrogen-bond donors (Lipinski definition) is 1. The van der Waals surface area contributed by atoms with E-state index in [1.807, 2.05) is 13.0 Å². The van der Waals surface area contributed by atoms with Crippen LogP contribution in [0.1, 0.15) is 36.5 Å². The van der Waals surface area contributed by atoms with Crippen molar-refractivity contribution in [1.82, 2.24) is 10.2 Å². The van der Waals surface area contributed by atoms with Gasteiger partial charge in [0.15, 0.2) is 0 Å². The van der Waals surface area contributed by atoms with Gasteiger partial charge in [0.1, 0.15) is 5.75 Å². The Morgan fingerprint density at radius 3 is 2.64 bits per heavy atom. The van der Waals surface area contributed by atoms with E-state index in [-0.39, 0.29) is 0 Å². The summed E-state index contributed by atoms with van der Waals surface area (Å²) in [6.07, 6.45) is 3.47. The number of piperazine rings is 1. The van der Waals surface area contributed by atoms with E-state index in [0.717, 1.165) is 35.8 Å². The van der Waals surface area contributed by atoms with Crippen LogP contribution in [0.15, 0.2) is 6.07 Å². The lowest BCUT2D eigenvalue weighted by atomic mass is 9.98. The van der Waals surface area contributed by atoms with Gasteiger partial charge < -0.3 is 15.0 Å². The van der Waals surface area contributed by atoms with Crippen molar-refractivity contribution in [2.45, 2.75) is 40.0 Å². The maximum atomic E-state index is 6.36. The van der Waals surface area contributed by atoms with Crippen molar-refractivity contribution in [2.24, 2.45) is 0 Å². The number of hydrogen-bond acceptors (Lipinski definition) is 3. The summed E-state index contributed by atoms with van der Waals surface area (Å²) in [5.74, 6) is 1.05. The molecule has 4 heteroatoms. The normalized spacial score (nSPS) is 16.0. The zero-order valence-electron chi connectivity index (χ0n) is 14.2. The summed E-state index contributed by atoms with van der Waals surface area (Å²) in [5, 5.41) is 4.26. The van der Waals surface area contributed by atoms with Crippen LogP contribution in [0.2, 0.25) is 5.02 Å². The molecule has 1 aromatic carbocycles. The average Bonchev–Trinajstić information content (AvgIpc) is 2.52. The van der Waals surface area contributed by atoms with Gasteiger partial charge in [0, 0.05) is 31.2 Å². The highest BCUT2D eigenvalue weighted by Crippen LogP contribution is 2.33. The summed E-state index contributed by atoms with van der Waals surface area (Å²) in [6, 6.07) is 2.02. The minimum Gasteiger partial charge on any atom is -0.493 e. The van der Waals surface area contributed by atoms with Crippen LogP contribution in [0.3, 0.4) is 0 Å². The minimum atomic E-state index is 0.704. The Morgan fingerprint density at radius 1 is 1.23 bits per heavy atom. The molecule has 0 atom stereocenters. The van der Waals surface area contributed by atoms with Gasteiger partial charge in [-0.15, -0.1) is 0 Å². The molecule has 0 radical (unpaired) electrons.